The lowest BCUT2D eigenvalue weighted by molar-refractivity contribution is -0.137. The van der Waals surface area contributed by atoms with Crippen LogP contribution in [0.2, 0.25) is 0 Å². The topological polar surface area (TPSA) is 146 Å². The van der Waals surface area contributed by atoms with Crippen molar-refractivity contribution in [3.05, 3.63) is 65.9 Å². The molecule has 5 heterocycles. The van der Waals surface area contributed by atoms with Crippen LogP contribution in [-0.2, 0) is 16.1 Å². The zero-order valence-corrected chi connectivity index (χ0v) is 29.3. The lowest BCUT2D eigenvalue weighted by Gasteiger charge is -2.30. The first kappa shape index (κ1) is 33.9. The van der Waals surface area contributed by atoms with Gasteiger partial charge in [0.15, 0.2) is 0 Å². The van der Waals surface area contributed by atoms with E-state index in [4.69, 9.17) is 19.4 Å². The highest BCUT2D eigenvalue weighted by molar-refractivity contribution is 6.07. The Morgan fingerprint density at radius 1 is 1.06 bits per heavy atom. The molecule has 2 aromatic heterocycles. The average Bonchev–Trinajstić information content (AvgIpc) is 3.90. The summed E-state index contributed by atoms with van der Waals surface area (Å²) in [4.78, 5) is 44.4. The van der Waals surface area contributed by atoms with Gasteiger partial charge in [-0.15, -0.1) is 0 Å². The second-order valence-electron chi connectivity index (χ2n) is 15.0. The number of halogens is 2. The summed E-state index contributed by atoms with van der Waals surface area (Å²) >= 11 is 0. The number of imidazole rings is 2. The summed E-state index contributed by atoms with van der Waals surface area (Å²) in [7, 11) is 0. The number of aromatic nitrogens is 4. The second-order valence-corrected chi connectivity index (χ2v) is 15.0. The van der Waals surface area contributed by atoms with Gasteiger partial charge in [-0.05, 0) is 93.3 Å². The van der Waals surface area contributed by atoms with Crippen molar-refractivity contribution < 1.29 is 37.7 Å². The lowest BCUT2D eigenvalue weighted by atomic mass is 9.92. The number of ether oxygens (including phenoxy) is 3. The molecule has 3 N–H and O–H groups in total. The van der Waals surface area contributed by atoms with Crippen LogP contribution in [0.3, 0.4) is 0 Å². The molecular formula is C38H40F2N6O6. The molecule has 272 valence electrons. The molecule has 3 aromatic carbocycles. The Balaban J connectivity index is 1.06. The Kier molecular flexibility index (Phi) is 8.31. The standard InChI is InChI=1S/C38H40F2N6O6/c1-19-5-10-29(46(19)37(49)52-38(2,3)4)33-41-15-28(43-33)22-6-8-24-23(12-22)18-50-31-14-25-21(13-26(24)31)7-9-27-32(25)44-34(42-27)30-11-20(17-51-35(39)40)16-45(30)36(47)48/h6-9,12-15,19-20,29-30,35H,5,10-11,16-18H2,1-4H3,(H,41,43)(H,42,44)(H,47,48)/t19-,20-,29-,30-/m0/s1. The summed E-state index contributed by atoms with van der Waals surface area (Å²) in [5.74, 6) is 1.54. The van der Waals surface area contributed by atoms with Crippen molar-refractivity contribution in [2.24, 2.45) is 5.92 Å². The van der Waals surface area contributed by atoms with Crippen molar-refractivity contribution in [2.75, 3.05) is 13.2 Å². The van der Waals surface area contributed by atoms with Crippen LogP contribution in [0, 0.1) is 5.92 Å². The molecule has 4 atom stereocenters. The number of carbonyl (C=O) groups is 2. The Labute approximate surface area is 298 Å². The van der Waals surface area contributed by atoms with Crippen LogP contribution in [0.15, 0.2) is 48.7 Å². The van der Waals surface area contributed by atoms with E-state index in [2.05, 4.69) is 39.0 Å². The van der Waals surface area contributed by atoms with Crippen LogP contribution in [-0.4, -0.2) is 78.4 Å². The largest absolute Gasteiger partial charge is 0.488 e. The second kappa shape index (κ2) is 12.8. The van der Waals surface area contributed by atoms with E-state index in [1.165, 1.54) is 4.90 Å². The van der Waals surface area contributed by atoms with E-state index in [9.17, 15) is 23.5 Å². The minimum Gasteiger partial charge on any atom is -0.488 e. The normalized spacial score (nSPS) is 21.5. The van der Waals surface area contributed by atoms with Gasteiger partial charge in [0.05, 0.1) is 41.6 Å². The molecule has 8 rings (SSSR count). The summed E-state index contributed by atoms with van der Waals surface area (Å²) in [5, 5.41) is 11.7. The van der Waals surface area contributed by atoms with E-state index in [0.29, 0.717) is 24.4 Å². The summed E-state index contributed by atoms with van der Waals surface area (Å²) in [6.45, 7) is 4.94. The highest BCUT2D eigenvalue weighted by Crippen LogP contribution is 2.44. The summed E-state index contributed by atoms with van der Waals surface area (Å²) in [5.41, 5.74) is 5.65. The van der Waals surface area contributed by atoms with E-state index < -0.39 is 24.3 Å². The summed E-state index contributed by atoms with van der Waals surface area (Å²) in [6.07, 6.45) is 2.31. The summed E-state index contributed by atoms with van der Waals surface area (Å²) < 4.78 is 41.9. The Morgan fingerprint density at radius 2 is 1.88 bits per heavy atom. The van der Waals surface area contributed by atoms with Gasteiger partial charge in [-0.25, -0.2) is 19.6 Å². The van der Waals surface area contributed by atoms with E-state index in [0.717, 1.165) is 68.7 Å². The number of likely N-dealkylation sites (tertiary alicyclic amines) is 2. The average molecular weight is 715 g/mol. The fraction of sp³-hybridized carbons (Fsp3) is 0.421. The molecule has 14 heteroatoms. The van der Waals surface area contributed by atoms with E-state index in [1.807, 2.05) is 45.9 Å². The van der Waals surface area contributed by atoms with Gasteiger partial charge in [0.2, 0.25) is 0 Å². The number of hydrogen-bond acceptors (Lipinski definition) is 7. The van der Waals surface area contributed by atoms with Crippen LogP contribution in [0.1, 0.15) is 76.3 Å². The minimum atomic E-state index is -2.91. The first-order valence-corrected chi connectivity index (χ1v) is 17.5. The van der Waals surface area contributed by atoms with Crippen molar-refractivity contribution in [1.29, 1.82) is 0 Å². The highest BCUT2D eigenvalue weighted by Gasteiger charge is 2.40. The number of aromatic amines is 2. The molecule has 2 amide bonds. The van der Waals surface area contributed by atoms with Crippen molar-refractivity contribution in [2.45, 2.75) is 83.9 Å². The maximum atomic E-state index is 13.1. The van der Waals surface area contributed by atoms with E-state index in [-0.39, 0.29) is 37.2 Å². The number of amides is 2. The molecule has 0 aliphatic carbocycles. The van der Waals surface area contributed by atoms with Crippen LogP contribution in [0.5, 0.6) is 5.75 Å². The quantitative estimate of drug-likeness (QED) is 0.159. The SMILES string of the molecule is C[C@H]1CC[C@@H](c2ncc(-c3ccc4c(c3)COc3cc5c(ccc6nc([C@@H]7C[C@H](COC(F)F)CN7C(=O)O)[nH]c65)cc3-4)[nH]2)N1C(=O)OC(C)(C)C. The Morgan fingerprint density at radius 3 is 2.65 bits per heavy atom. The molecule has 5 aromatic rings. The molecule has 52 heavy (non-hydrogen) atoms. The number of nitrogens with one attached hydrogen (secondary N) is 2. The molecule has 0 bridgehead atoms. The van der Waals surface area contributed by atoms with Gasteiger partial charge in [0, 0.05) is 29.5 Å². The Bertz CT molecular complexity index is 2190. The Hall–Kier alpha value is -5.24. The number of hydrogen-bond donors (Lipinski definition) is 3. The number of nitrogens with zero attached hydrogens (tertiary/aromatic N) is 4. The predicted octanol–water partition coefficient (Wildman–Crippen LogP) is 8.41. The van der Waals surface area contributed by atoms with Crippen molar-refractivity contribution >= 4 is 34.0 Å². The maximum Gasteiger partial charge on any atom is 0.411 e. The van der Waals surface area contributed by atoms with Gasteiger partial charge in [0.25, 0.3) is 0 Å². The zero-order valence-electron chi connectivity index (χ0n) is 29.3. The number of benzene rings is 3. The third-order valence-electron chi connectivity index (χ3n) is 10.3. The molecule has 12 nitrogen and oxygen atoms in total. The third kappa shape index (κ3) is 6.18. The van der Waals surface area contributed by atoms with Crippen LogP contribution >= 0.6 is 0 Å². The van der Waals surface area contributed by atoms with Gasteiger partial charge in [-0.1, -0.05) is 18.2 Å². The number of fused-ring (bicyclic) bond motifs is 6. The fourth-order valence-electron chi connectivity index (χ4n) is 7.89. The smallest absolute Gasteiger partial charge is 0.411 e. The molecule has 0 saturated carbocycles. The highest BCUT2D eigenvalue weighted by atomic mass is 19.3. The number of rotatable bonds is 6. The van der Waals surface area contributed by atoms with Crippen molar-refractivity contribution in [3.63, 3.8) is 0 Å². The third-order valence-corrected chi connectivity index (χ3v) is 10.3. The lowest BCUT2D eigenvalue weighted by Crippen LogP contribution is -2.40. The van der Waals surface area contributed by atoms with Gasteiger partial charge in [-0.2, -0.15) is 8.78 Å². The van der Waals surface area contributed by atoms with Gasteiger partial charge >= 0.3 is 18.8 Å². The van der Waals surface area contributed by atoms with Gasteiger partial charge in [0.1, 0.15) is 29.6 Å². The predicted molar refractivity (Wildman–Crippen MR) is 188 cm³/mol. The van der Waals surface area contributed by atoms with E-state index in [1.54, 1.807) is 11.1 Å². The van der Waals surface area contributed by atoms with Crippen LogP contribution in [0.25, 0.3) is 44.2 Å². The van der Waals surface area contributed by atoms with Crippen LogP contribution < -0.4 is 4.74 Å². The molecule has 2 saturated heterocycles. The number of alkyl halides is 2. The van der Waals surface area contributed by atoms with Crippen LogP contribution in [0.4, 0.5) is 18.4 Å². The molecule has 0 radical (unpaired) electrons. The first-order chi connectivity index (χ1) is 24.8. The first-order valence-electron chi connectivity index (χ1n) is 17.5. The molecule has 0 spiro atoms. The number of carboxylic acid groups (broad SMARTS) is 1. The van der Waals surface area contributed by atoms with Gasteiger partial charge in [-0.3, -0.25) is 9.80 Å². The molecule has 2 fully saturated rings. The van der Waals surface area contributed by atoms with Crippen molar-refractivity contribution in [1.82, 2.24) is 29.7 Å². The number of carbonyl (C=O) groups excluding carboxylic acids is 1. The zero-order chi connectivity index (χ0) is 36.5. The molecule has 0 unspecified atom stereocenters. The maximum absolute atomic E-state index is 13.1. The molecular weight excluding hydrogens is 674 g/mol. The molecule has 3 aliphatic rings. The fourth-order valence-corrected chi connectivity index (χ4v) is 7.89. The number of H-pyrrole nitrogens is 2. The monoisotopic (exact) mass is 714 g/mol. The minimum absolute atomic E-state index is 0.0432. The summed E-state index contributed by atoms with van der Waals surface area (Å²) in [6, 6.07) is 13.4. The van der Waals surface area contributed by atoms with Crippen molar-refractivity contribution in [3.8, 4) is 28.1 Å². The van der Waals surface area contributed by atoms with Gasteiger partial charge < -0.3 is 29.3 Å². The van der Waals surface area contributed by atoms with E-state index >= 15 is 0 Å². The molecule has 3 aliphatic heterocycles.